The van der Waals surface area contributed by atoms with Gasteiger partial charge in [-0.25, -0.2) is 0 Å². The van der Waals surface area contributed by atoms with E-state index < -0.39 is 0 Å². The zero-order valence-corrected chi connectivity index (χ0v) is 12.6. The van der Waals surface area contributed by atoms with E-state index in [1.165, 1.54) is 24.8 Å². The number of nitrogens with zero attached hydrogens (tertiary/aromatic N) is 1. The summed E-state index contributed by atoms with van der Waals surface area (Å²) in [6.45, 7) is 8.87. The molecule has 0 fully saturated rings. The van der Waals surface area contributed by atoms with Gasteiger partial charge in [-0.2, -0.15) is 0 Å². The summed E-state index contributed by atoms with van der Waals surface area (Å²) < 4.78 is 5.63. The third-order valence-corrected chi connectivity index (χ3v) is 2.99. The Balaban J connectivity index is 2.17. The van der Waals surface area contributed by atoms with Gasteiger partial charge in [0.1, 0.15) is 0 Å². The fourth-order valence-electron chi connectivity index (χ4n) is 1.77. The Labute approximate surface area is 117 Å². The molecule has 3 heteroatoms. The Kier molecular flexibility index (Phi) is 8.43. The highest BCUT2D eigenvalue weighted by Gasteiger charge is 1.98. The van der Waals surface area contributed by atoms with Crippen LogP contribution in [0.25, 0.3) is 0 Å². The van der Waals surface area contributed by atoms with Crippen molar-refractivity contribution in [1.82, 2.24) is 10.3 Å². The summed E-state index contributed by atoms with van der Waals surface area (Å²) in [6, 6.07) is 4.69. The maximum atomic E-state index is 5.63. The molecule has 0 aliphatic rings. The fourth-order valence-corrected chi connectivity index (χ4v) is 1.77. The highest BCUT2D eigenvalue weighted by atomic mass is 16.5. The molecule has 0 saturated carbocycles. The van der Waals surface area contributed by atoms with Gasteiger partial charge < -0.3 is 10.1 Å². The van der Waals surface area contributed by atoms with E-state index in [1.54, 1.807) is 0 Å². The highest BCUT2D eigenvalue weighted by Crippen LogP contribution is 2.04. The maximum Gasteiger partial charge on any atom is 0.0887 e. The predicted molar refractivity (Wildman–Crippen MR) is 80.0 cm³/mol. The molecule has 19 heavy (non-hydrogen) atoms. The first kappa shape index (κ1) is 16.1. The van der Waals surface area contributed by atoms with E-state index in [1.807, 2.05) is 6.20 Å². The Hall–Kier alpha value is -0.930. The summed E-state index contributed by atoms with van der Waals surface area (Å²) in [5.74, 6) is 0. The zero-order valence-electron chi connectivity index (χ0n) is 12.6. The van der Waals surface area contributed by atoms with Gasteiger partial charge in [0.25, 0.3) is 0 Å². The molecule has 1 heterocycles. The standard InChI is InChI=1S/C16H28N2O/c1-4-5-6-7-10-19-13-16-9-8-15(12-18-16)11-17-14(2)3/h8-9,12,14,17H,4-7,10-11,13H2,1-3H3. The van der Waals surface area contributed by atoms with Crippen molar-refractivity contribution in [3.8, 4) is 0 Å². The molecule has 0 amide bonds. The lowest BCUT2D eigenvalue weighted by molar-refractivity contribution is 0.114. The van der Waals surface area contributed by atoms with Gasteiger partial charge in [0, 0.05) is 25.4 Å². The molecule has 1 aromatic rings. The van der Waals surface area contributed by atoms with Gasteiger partial charge in [0.05, 0.1) is 12.3 Å². The van der Waals surface area contributed by atoms with Crippen LogP contribution in [0.5, 0.6) is 0 Å². The smallest absolute Gasteiger partial charge is 0.0887 e. The topological polar surface area (TPSA) is 34.1 Å². The van der Waals surface area contributed by atoms with Crippen LogP contribution >= 0.6 is 0 Å². The van der Waals surface area contributed by atoms with E-state index in [-0.39, 0.29) is 0 Å². The summed E-state index contributed by atoms with van der Waals surface area (Å²) in [6.07, 6.45) is 6.94. The van der Waals surface area contributed by atoms with E-state index in [9.17, 15) is 0 Å². The van der Waals surface area contributed by atoms with E-state index in [4.69, 9.17) is 4.74 Å². The number of pyridine rings is 1. The third kappa shape index (κ3) is 7.96. The summed E-state index contributed by atoms with van der Waals surface area (Å²) in [5, 5.41) is 3.38. The Morgan fingerprint density at radius 3 is 2.68 bits per heavy atom. The molecule has 0 aliphatic carbocycles. The van der Waals surface area contributed by atoms with Gasteiger partial charge in [0.15, 0.2) is 0 Å². The molecule has 0 saturated heterocycles. The van der Waals surface area contributed by atoms with Gasteiger partial charge in [-0.3, -0.25) is 4.98 Å². The highest BCUT2D eigenvalue weighted by molar-refractivity contribution is 5.13. The number of aromatic nitrogens is 1. The van der Waals surface area contributed by atoms with Crippen LogP contribution in [0.4, 0.5) is 0 Å². The second-order valence-electron chi connectivity index (χ2n) is 5.31. The molecule has 0 aromatic carbocycles. The Morgan fingerprint density at radius 1 is 1.21 bits per heavy atom. The van der Waals surface area contributed by atoms with Crippen molar-refractivity contribution in [2.45, 2.75) is 65.6 Å². The summed E-state index contributed by atoms with van der Waals surface area (Å²) in [7, 11) is 0. The molecule has 0 radical (unpaired) electrons. The zero-order chi connectivity index (χ0) is 13.9. The largest absolute Gasteiger partial charge is 0.375 e. The van der Waals surface area contributed by atoms with E-state index in [0.29, 0.717) is 12.6 Å². The second kappa shape index (κ2) is 9.93. The summed E-state index contributed by atoms with van der Waals surface area (Å²) >= 11 is 0. The van der Waals surface area contributed by atoms with E-state index in [2.05, 4.69) is 43.2 Å². The molecule has 1 N–H and O–H groups in total. The second-order valence-corrected chi connectivity index (χ2v) is 5.31. The van der Waals surface area contributed by atoms with Crippen molar-refractivity contribution in [2.75, 3.05) is 6.61 Å². The molecule has 0 bridgehead atoms. The molecular weight excluding hydrogens is 236 g/mol. The number of hydrogen-bond acceptors (Lipinski definition) is 3. The number of unbranched alkanes of at least 4 members (excludes halogenated alkanes) is 3. The molecule has 1 rings (SSSR count). The minimum absolute atomic E-state index is 0.506. The first-order valence-electron chi connectivity index (χ1n) is 7.47. The van der Waals surface area contributed by atoms with Crippen LogP contribution in [0.2, 0.25) is 0 Å². The van der Waals surface area contributed by atoms with Gasteiger partial charge in [-0.1, -0.05) is 46.1 Å². The van der Waals surface area contributed by atoms with Crippen molar-refractivity contribution >= 4 is 0 Å². The fraction of sp³-hybridized carbons (Fsp3) is 0.688. The minimum atomic E-state index is 0.506. The maximum absolute atomic E-state index is 5.63. The normalized spacial score (nSPS) is 11.2. The van der Waals surface area contributed by atoms with Crippen molar-refractivity contribution in [2.24, 2.45) is 0 Å². The van der Waals surface area contributed by atoms with Crippen molar-refractivity contribution in [1.29, 1.82) is 0 Å². The molecule has 0 atom stereocenters. The summed E-state index contributed by atoms with van der Waals surface area (Å²) in [4.78, 5) is 4.43. The average Bonchev–Trinajstić information content (AvgIpc) is 2.41. The van der Waals surface area contributed by atoms with Crippen LogP contribution in [-0.4, -0.2) is 17.6 Å². The first-order valence-corrected chi connectivity index (χ1v) is 7.47. The van der Waals surface area contributed by atoms with Crippen molar-refractivity contribution < 1.29 is 4.74 Å². The Bertz CT molecular complexity index is 322. The number of ether oxygens (including phenoxy) is 1. The lowest BCUT2D eigenvalue weighted by atomic mass is 10.2. The average molecular weight is 264 g/mol. The van der Waals surface area contributed by atoms with Gasteiger partial charge in [0.2, 0.25) is 0 Å². The van der Waals surface area contributed by atoms with Gasteiger partial charge >= 0.3 is 0 Å². The number of hydrogen-bond donors (Lipinski definition) is 1. The van der Waals surface area contributed by atoms with Crippen LogP contribution in [-0.2, 0) is 17.9 Å². The number of rotatable bonds is 10. The monoisotopic (exact) mass is 264 g/mol. The number of nitrogens with one attached hydrogen (secondary N) is 1. The molecule has 108 valence electrons. The Morgan fingerprint density at radius 2 is 2.05 bits per heavy atom. The molecular formula is C16H28N2O. The van der Waals surface area contributed by atoms with Crippen LogP contribution in [0.1, 0.15) is 57.7 Å². The van der Waals surface area contributed by atoms with Crippen molar-refractivity contribution in [3.05, 3.63) is 29.6 Å². The molecule has 3 nitrogen and oxygen atoms in total. The van der Waals surface area contributed by atoms with Crippen LogP contribution in [0.15, 0.2) is 18.3 Å². The van der Waals surface area contributed by atoms with Crippen molar-refractivity contribution in [3.63, 3.8) is 0 Å². The van der Waals surface area contributed by atoms with E-state index in [0.717, 1.165) is 25.3 Å². The van der Waals surface area contributed by atoms with Gasteiger partial charge in [-0.15, -0.1) is 0 Å². The summed E-state index contributed by atoms with van der Waals surface area (Å²) in [5.41, 5.74) is 2.24. The molecule has 0 aliphatic heterocycles. The van der Waals surface area contributed by atoms with Crippen LogP contribution in [0.3, 0.4) is 0 Å². The first-order chi connectivity index (χ1) is 9.22. The van der Waals surface area contributed by atoms with Crippen LogP contribution in [0, 0.1) is 0 Å². The third-order valence-electron chi connectivity index (χ3n) is 2.99. The molecule has 0 spiro atoms. The molecule has 0 unspecified atom stereocenters. The minimum Gasteiger partial charge on any atom is -0.375 e. The lowest BCUT2D eigenvalue weighted by Gasteiger charge is -2.08. The lowest BCUT2D eigenvalue weighted by Crippen LogP contribution is -2.21. The van der Waals surface area contributed by atoms with Gasteiger partial charge in [-0.05, 0) is 18.1 Å². The quantitative estimate of drug-likeness (QED) is 0.655. The molecule has 1 aromatic heterocycles. The SMILES string of the molecule is CCCCCCOCc1ccc(CNC(C)C)cn1. The predicted octanol–water partition coefficient (Wildman–Crippen LogP) is 3.68. The van der Waals surface area contributed by atoms with E-state index >= 15 is 0 Å². The van der Waals surface area contributed by atoms with Crippen LogP contribution < -0.4 is 5.32 Å².